The summed E-state index contributed by atoms with van der Waals surface area (Å²) in [5, 5.41) is 0. The van der Waals surface area contributed by atoms with Crippen LogP contribution in [0, 0.1) is 0 Å². The zero-order valence-electron chi connectivity index (χ0n) is 10.5. The summed E-state index contributed by atoms with van der Waals surface area (Å²) in [5.74, 6) is 4.53. The molecule has 0 aliphatic rings. The highest BCUT2D eigenvalue weighted by Crippen LogP contribution is 2.19. The number of halogens is 3. The molecule has 0 bridgehead atoms. The highest BCUT2D eigenvalue weighted by Gasteiger charge is 2.30. The highest BCUT2D eigenvalue weighted by molar-refractivity contribution is 5.95. The van der Waals surface area contributed by atoms with E-state index in [4.69, 9.17) is 5.84 Å². The number of hydrazine groups is 1. The van der Waals surface area contributed by atoms with Crippen molar-refractivity contribution >= 4 is 5.91 Å². The number of nitrogens with one attached hydrogen (secondary N) is 1. The van der Waals surface area contributed by atoms with Gasteiger partial charge in [-0.3, -0.25) is 15.1 Å². The smallest absolute Gasteiger partial charge is 0.291 e. The lowest BCUT2D eigenvalue weighted by Gasteiger charge is -2.22. The van der Waals surface area contributed by atoms with Crippen molar-refractivity contribution in [2.24, 2.45) is 5.84 Å². The molecule has 1 amide bonds. The van der Waals surface area contributed by atoms with Crippen molar-refractivity contribution in [2.75, 3.05) is 13.1 Å². The molecule has 0 aliphatic carbocycles. The van der Waals surface area contributed by atoms with Gasteiger partial charge in [0.15, 0.2) is 0 Å². The third-order valence-electron chi connectivity index (χ3n) is 2.64. The molecule has 3 N–H and O–H groups in total. The molecule has 0 saturated heterocycles. The number of amides is 1. The molecule has 0 saturated carbocycles. The lowest BCUT2D eigenvalue weighted by molar-refractivity contribution is -0.146. The maximum Gasteiger partial charge on any atom is 0.401 e. The summed E-state index contributed by atoms with van der Waals surface area (Å²) in [6.07, 6.45) is -4.26. The van der Waals surface area contributed by atoms with E-state index in [-0.39, 0.29) is 18.7 Å². The van der Waals surface area contributed by atoms with Gasteiger partial charge in [-0.15, -0.1) is 0 Å². The number of hydrogen-bond acceptors (Lipinski definition) is 3. The monoisotopic (exact) mass is 275 g/mol. The van der Waals surface area contributed by atoms with Gasteiger partial charge in [0.05, 0.1) is 6.54 Å². The second kappa shape index (κ2) is 6.53. The summed E-state index contributed by atoms with van der Waals surface area (Å²) in [6, 6.07) is 6.45. The predicted octanol–water partition coefficient (Wildman–Crippen LogP) is 1.67. The van der Waals surface area contributed by atoms with Crippen LogP contribution >= 0.6 is 0 Å². The van der Waals surface area contributed by atoms with Gasteiger partial charge in [-0.1, -0.05) is 25.1 Å². The standard InChI is InChI=1S/C12H16F3N3O/c1-2-18(8-12(13,14)15)7-9-5-3-4-6-10(9)11(19)17-16/h3-6H,2,7-8,16H2,1H3,(H,17,19). The van der Waals surface area contributed by atoms with Crippen molar-refractivity contribution in [1.82, 2.24) is 10.3 Å². The number of nitrogen functional groups attached to an aromatic ring is 1. The number of nitrogens with two attached hydrogens (primary N) is 1. The van der Waals surface area contributed by atoms with E-state index in [0.717, 1.165) is 0 Å². The average molecular weight is 275 g/mol. The van der Waals surface area contributed by atoms with Crippen molar-refractivity contribution in [3.8, 4) is 0 Å². The first kappa shape index (κ1) is 15.5. The van der Waals surface area contributed by atoms with Crippen LogP contribution in [-0.4, -0.2) is 30.1 Å². The Bertz CT molecular complexity index is 434. The van der Waals surface area contributed by atoms with Crippen molar-refractivity contribution in [3.63, 3.8) is 0 Å². The molecule has 4 nitrogen and oxygen atoms in total. The number of benzene rings is 1. The fraction of sp³-hybridized carbons (Fsp3) is 0.417. The Morgan fingerprint density at radius 1 is 1.37 bits per heavy atom. The van der Waals surface area contributed by atoms with Crippen LogP contribution in [0.4, 0.5) is 13.2 Å². The second-order valence-electron chi connectivity index (χ2n) is 4.05. The van der Waals surface area contributed by atoms with E-state index in [1.165, 1.54) is 11.0 Å². The first-order valence-corrected chi connectivity index (χ1v) is 5.75. The number of nitrogens with zero attached hydrogens (tertiary/aromatic N) is 1. The van der Waals surface area contributed by atoms with Gasteiger partial charge in [-0.2, -0.15) is 13.2 Å². The number of carbonyl (C=O) groups is 1. The molecule has 7 heteroatoms. The van der Waals surface area contributed by atoms with Crippen molar-refractivity contribution in [3.05, 3.63) is 35.4 Å². The molecule has 1 rings (SSSR count). The minimum Gasteiger partial charge on any atom is -0.291 e. The van der Waals surface area contributed by atoms with Gasteiger partial charge in [0.1, 0.15) is 0 Å². The van der Waals surface area contributed by atoms with Gasteiger partial charge in [0, 0.05) is 12.1 Å². The molecule has 19 heavy (non-hydrogen) atoms. The molecule has 0 fully saturated rings. The minimum absolute atomic E-state index is 0.0413. The SMILES string of the molecule is CCN(Cc1ccccc1C(=O)NN)CC(F)(F)F. The quantitative estimate of drug-likeness (QED) is 0.488. The van der Waals surface area contributed by atoms with Crippen LogP contribution in [0.2, 0.25) is 0 Å². The largest absolute Gasteiger partial charge is 0.401 e. The molecule has 106 valence electrons. The van der Waals surface area contributed by atoms with E-state index in [1.54, 1.807) is 25.1 Å². The maximum absolute atomic E-state index is 12.4. The molecule has 0 radical (unpaired) electrons. The summed E-state index contributed by atoms with van der Waals surface area (Å²) in [4.78, 5) is 12.7. The van der Waals surface area contributed by atoms with Gasteiger partial charge in [0.2, 0.25) is 0 Å². The van der Waals surface area contributed by atoms with Gasteiger partial charge >= 0.3 is 6.18 Å². The summed E-state index contributed by atoms with van der Waals surface area (Å²) in [6.45, 7) is 0.900. The summed E-state index contributed by atoms with van der Waals surface area (Å²) >= 11 is 0. The first-order valence-electron chi connectivity index (χ1n) is 5.75. The lowest BCUT2D eigenvalue weighted by Crippen LogP contribution is -2.35. The van der Waals surface area contributed by atoms with Crippen LogP contribution in [0.5, 0.6) is 0 Å². The lowest BCUT2D eigenvalue weighted by atomic mass is 10.1. The second-order valence-corrected chi connectivity index (χ2v) is 4.05. The van der Waals surface area contributed by atoms with Crippen molar-refractivity contribution < 1.29 is 18.0 Å². The van der Waals surface area contributed by atoms with Crippen LogP contribution in [0.15, 0.2) is 24.3 Å². The summed E-state index contributed by atoms with van der Waals surface area (Å²) in [5.41, 5.74) is 2.78. The number of hydrogen-bond donors (Lipinski definition) is 2. The van der Waals surface area contributed by atoms with Crippen LogP contribution in [0.1, 0.15) is 22.8 Å². The first-order chi connectivity index (χ1) is 8.87. The topological polar surface area (TPSA) is 58.4 Å². The van der Waals surface area contributed by atoms with Gasteiger partial charge < -0.3 is 0 Å². The van der Waals surface area contributed by atoms with Crippen LogP contribution in [-0.2, 0) is 6.54 Å². The Morgan fingerprint density at radius 2 is 2.00 bits per heavy atom. The zero-order valence-corrected chi connectivity index (χ0v) is 10.5. The number of rotatable bonds is 5. The van der Waals surface area contributed by atoms with Crippen LogP contribution < -0.4 is 11.3 Å². The number of alkyl halides is 3. The molecular formula is C12H16F3N3O. The van der Waals surface area contributed by atoms with Gasteiger partial charge in [-0.05, 0) is 18.2 Å². The van der Waals surface area contributed by atoms with Crippen LogP contribution in [0.3, 0.4) is 0 Å². The summed E-state index contributed by atoms with van der Waals surface area (Å²) in [7, 11) is 0. The Labute approximate surface area is 109 Å². The zero-order chi connectivity index (χ0) is 14.5. The van der Waals surface area contributed by atoms with Crippen molar-refractivity contribution in [1.29, 1.82) is 0 Å². The molecule has 0 heterocycles. The Hall–Kier alpha value is -1.60. The Morgan fingerprint density at radius 3 is 2.53 bits per heavy atom. The third kappa shape index (κ3) is 4.88. The highest BCUT2D eigenvalue weighted by atomic mass is 19.4. The normalized spacial score (nSPS) is 11.7. The fourth-order valence-corrected chi connectivity index (χ4v) is 1.73. The number of carbonyl (C=O) groups excluding carboxylic acids is 1. The molecule has 0 aromatic heterocycles. The molecule has 0 unspecified atom stereocenters. The molecule has 1 aromatic rings. The van der Waals surface area contributed by atoms with E-state index in [9.17, 15) is 18.0 Å². The molecular weight excluding hydrogens is 259 g/mol. The fourth-order valence-electron chi connectivity index (χ4n) is 1.73. The summed E-state index contributed by atoms with van der Waals surface area (Å²) < 4.78 is 37.1. The Balaban J connectivity index is 2.88. The van der Waals surface area contributed by atoms with Gasteiger partial charge in [-0.25, -0.2) is 5.84 Å². The molecule has 1 aromatic carbocycles. The minimum atomic E-state index is -4.26. The Kier molecular flexibility index (Phi) is 5.31. The van der Waals surface area contributed by atoms with E-state index in [2.05, 4.69) is 0 Å². The van der Waals surface area contributed by atoms with E-state index < -0.39 is 18.6 Å². The third-order valence-corrected chi connectivity index (χ3v) is 2.64. The van der Waals surface area contributed by atoms with Gasteiger partial charge in [0.25, 0.3) is 5.91 Å². The predicted molar refractivity (Wildman–Crippen MR) is 65.1 cm³/mol. The molecule has 0 atom stereocenters. The van der Waals surface area contributed by atoms with E-state index >= 15 is 0 Å². The van der Waals surface area contributed by atoms with E-state index in [0.29, 0.717) is 5.56 Å². The van der Waals surface area contributed by atoms with Crippen LogP contribution in [0.25, 0.3) is 0 Å². The van der Waals surface area contributed by atoms with E-state index in [1.807, 2.05) is 5.43 Å². The van der Waals surface area contributed by atoms with Crippen molar-refractivity contribution in [2.45, 2.75) is 19.6 Å². The maximum atomic E-state index is 12.4. The average Bonchev–Trinajstić information content (AvgIpc) is 2.36. The molecule has 0 spiro atoms. The molecule has 0 aliphatic heterocycles.